The number of carbonyl (C=O) groups excluding carboxylic acids is 2. The van der Waals surface area contributed by atoms with E-state index in [-0.39, 0.29) is 12.5 Å². The highest BCUT2D eigenvalue weighted by atomic mass is 16.4. The summed E-state index contributed by atoms with van der Waals surface area (Å²) in [7, 11) is 3.03. The summed E-state index contributed by atoms with van der Waals surface area (Å²) >= 11 is 0. The van der Waals surface area contributed by atoms with E-state index in [0.717, 1.165) is 4.90 Å². The van der Waals surface area contributed by atoms with Crippen LogP contribution in [0.25, 0.3) is 0 Å². The van der Waals surface area contributed by atoms with E-state index in [9.17, 15) is 14.4 Å². The van der Waals surface area contributed by atoms with Gasteiger partial charge in [0.25, 0.3) is 0 Å². The van der Waals surface area contributed by atoms with Crippen LogP contribution >= 0.6 is 0 Å². The predicted molar refractivity (Wildman–Crippen MR) is 54.8 cm³/mol. The third kappa shape index (κ3) is 2.85. The van der Waals surface area contributed by atoms with Gasteiger partial charge in [-0.25, -0.2) is 4.79 Å². The smallest absolute Gasteiger partial charge is 0.323 e. The first-order valence-electron chi connectivity index (χ1n) is 4.90. The highest BCUT2D eigenvalue weighted by molar-refractivity contribution is 5.89. The summed E-state index contributed by atoms with van der Waals surface area (Å²) in [5.74, 6) is -1.23. The van der Waals surface area contributed by atoms with Gasteiger partial charge in [0.1, 0.15) is 12.6 Å². The Morgan fingerprint density at radius 3 is 2.69 bits per heavy atom. The van der Waals surface area contributed by atoms with Gasteiger partial charge in [0, 0.05) is 20.6 Å². The van der Waals surface area contributed by atoms with Crippen LogP contribution in [0.1, 0.15) is 6.42 Å². The molecule has 0 aliphatic carbocycles. The van der Waals surface area contributed by atoms with Crippen LogP contribution in [0.5, 0.6) is 0 Å². The van der Waals surface area contributed by atoms with Crippen molar-refractivity contribution in [3.05, 3.63) is 0 Å². The average molecular weight is 229 g/mol. The fraction of sp³-hybridized carbons (Fsp3) is 0.667. The van der Waals surface area contributed by atoms with Crippen molar-refractivity contribution >= 4 is 17.9 Å². The largest absolute Gasteiger partial charge is 0.480 e. The second kappa shape index (κ2) is 4.82. The summed E-state index contributed by atoms with van der Waals surface area (Å²) < 4.78 is 0. The van der Waals surface area contributed by atoms with Crippen molar-refractivity contribution in [2.24, 2.45) is 0 Å². The molecule has 1 saturated heterocycles. The molecular weight excluding hydrogens is 214 g/mol. The van der Waals surface area contributed by atoms with E-state index in [2.05, 4.69) is 5.32 Å². The van der Waals surface area contributed by atoms with E-state index in [1.807, 2.05) is 0 Å². The topological polar surface area (TPSA) is 89.9 Å². The summed E-state index contributed by atoms with van der Waals surface area (Å²) in [6.07, 6.45) is 0.558. The summed E-state index contributed by atoms with van der Waals surface area (Å²) in [5.41, 5.74) is 0. The van der Waals surface area contributed by atoms with E-state index < -0.39 is 18.0 Å². The molecule has 1 rings (SSSR count). The van der Waals surface area contributed by atoms with Crippen molar-refractivity contribution in [1.29, 1.82) is 0 Å². The molecule has 1 heterocycles. The highest BCUT2D eigenvalue weighted by Gasteiger charge is 2.31. The number of nitrogens with zero attached hydrogens (tertiary/aromatic N) is 2. The Bertz CT molecular complexity index is 318. The molecule has 0 aromatic rings. The number of carboxylic acid groups (broad SMARTS) is 1. The van der Waals surface area contributed by atoms with Crippen molar-refractivity contribution < 1.29 is 19.5 Å². The van der Waals surface area contributed by atoms with Gasteiger partial charge in [-0.2, -0.15) is 0 Å². The SMILES string of the molecule is CN(CC(=O)O)C(=O)NC1CCN(C)C1=O. The molecule has 2 N–H and O–H groups in total. The molecule has 90 valence electrons. The molecule has 0 aromatic carbocycles. The van der Waals surface area contributed by atoms with Crippen molar-refractivity contribution in [3.8, 4) is 0 Å². The molecule has 1 atom stereocenters. The first kappa shape index (κ1) is 12.3. The van der Waals surface area contributed by atoms with Crippen LogP contribution in [0.2, 0.25) is 0 Å². The predicted octanol–water partition coefficient (Wildman–Crippen LogP) is -1.06. The zero-order valence-electron chi connectivity index (χ0n) is 9.27. The van der Waals surface area contributed by atoms with Crippen LogP contribution in [0, 0.1) is 0 Å². The number of carbonyl (C=O) groups is 3. The zero-order chi connectivity index (χ0) is 12.3. The van der Waals surface area contributed by atoms with Gasteiger partial charge >= 0.3 is 12.0 Å². The standard InChI is InChI=1S/C9H15N3O4/c1-11-4-3-6(8(11)15)10-9(16)12(2)5-7(13)14/h6H,3-5H2,1-2H3,(H,10,16)(H,13,14). The van der Waals surface area contributed by atoms with Gasteiger partial charge in [-0.15, -0.1) is 0 Å². The lowest BCUT2D eigenvalue weighted by molar-refractivity contribution is -0.137. The Labute approximate surface area is 93.0 Å². The molecule has 0 bridgehead atoms. The number of rotatable bonds is 3. The highest BCUT2D eigenvalue weighted by Crippen LogP contribution is 2.08. The number of amides is 3. The number of hydrogen-bond acceptors (Lipinski definition) is 3. The quantitative estimate of drug-likeness (QED) is 0.645. The minimum Gasteiger partial charge on any atom is -0.480 e. The Hall–Kier alpha value is -1.79. The van der Waals surface area contributed by atoms with Gasteiger partial charge in [0.15, 0.2) is 0 Å². The van der Waals surface area contributed by atoms with E-state index in [1.165, 1.54) is 11.9 Å². The summed E-state index contributed by atoms with van der Waals surface area (Å²) in [5, 5.41) is 11.0. The molecule has 16 heavy (non-hydrogen) atoms. The van der Waals surface area contributed by atoms with Crippen molar-refractivity contribution in [2.75, 3.05) is 27.2 Å². The van der Waals surface area contributed by atoms with Crippen LogP contribution in [-0.2, 0) is 9.59 Å². The Kier molecular flexibility index (Phi) is 3.70. The number of likely N-dealkylation sites (N-methyl/N-ethyl adjacent to an activating group) is 2. The molecule has 0 radical (unpaired) electrons. The molecule has 1 fully saturated rings. The van der Waals surface area contributed by atoms with E-state index in [4.69, 9.17) is 5.11 Å². The lowest BCUT2D eigenvalue weighted by Crippen LogP contribution is -2.47. The number of likely N-dealkylation sites (tertiary alicyclic amines) is 1. The number of carboxylic acids is 1. The van der Waals surface area contributed by atoms with E-state index >= 15 is 0 Å². The second-order valence-corrected chi connectivity index (χ2v) is 3.80. The van der Waals surface area contributed by atoms with Crippen LogP contribution < -0.4 is 5.32 Å². The molecule has 1 aliphatic rings. The lowest BCUT2D eigenvalue weighted by atomic mass is 10.2. The number of aliphatic carboxylic acids is 1. The number of urea groups is 1. The maximum absolute atomic E-state index is 11.5. The lowest BCUT2D eigenvalue weighted by Gasteiger charge is -2.18. The van der Waals surface area contributed by atoms with Gasteiger partial charge in [0.2, 0.25) is 5.91 Å². The summed E-state index contributed by atoms with van der Waals surface area (Å²) in [6, 6.07) is -1.08. The normalized spacial score (nSPS) is 19.8. The van der Waals surface area contributed by atoms with Gasteiger partial charge < -0.3 is 20.2 Å². The first-order valence-corrected chi connectivity index (χ1v) is 4.90. The molecular formula is C9H15N3O4. The third-order valence-electron chi connectivity index (χ3n) is 2.44. The zero-order valence-corrected chi connectivity index (χ0v) is 9.27. The van der Waals surface area contributed by atoms with Crippen molar-refractivity contribution in [1.82, 2.24) is 15.1 Å². The van der Waals surface area contributed by atoms with Gasteiger partial charge in [0.05, 0.1) is 0 Å². The number of nitrogens with one attached hydrogen (secondary N) is 1. The van der Waals surface area contributed by atoms with E-state index in [0.29, 0.717) is 13.0 Å². The third-order valence-corrected chi connectivity index (χ3v) is 2.44. The fourth-order valence-corrected chi connectivity index (χ4v) is 1.49. The number of hydrogen-bond donors (Lipinski definition) is 2. The first-order chi connectivity index (χ1) is 7.41. The molecule has 1 aliphatic heterocycles. The van der Waals surface area contributed by atoms with Crippen molar-refractivity contribution in [3.63, 3.8) is 0 Å². The van der Waals surface area contributed by atoms with Gasteiger partial charge in [-0.3, -0.25) is 9.59 Å². The van der Waals surface area contributed by atoms with E-state index in [1.54, 1.807) is 7.05 Å². The van der Waals surface area contributed by atoms with Crippen LogP contribution in [0.15, 0.2) is 0 Å². The monoisotopic (exact) mass is 229 g/mol. The van der Waals surface area contributed by atoms with Gasteiger partial charge in [-0.05, 0) is 6.42 Å². The molecule has 7 nitrogen and oxygen atoms in total. The summed E-state index contributed by atoms with van der Waals surface area (Å²) in [6.45, 7) is 0.217. The second-order valence-electron chi connectivity index (χ2n) is 3.80. The average Bonchev–Trinajstić information content (AvgIpc) is 2.48. The maximum Gasteiger partial charge on any atom is 0.323 e. The maximum atomic E-state index is 11.5. The molecule has 7 heteroatoms. The van der Waals surface area contributed by atoms with Crippen LogP contribution in [-0.4, -0.2) is 66.0 Å². The van der Waals surface area contributed by atoms with Crippen molar-refractivity contribution in [2.45, 2.75) is 12.5 Å². The Morgan fingerprint density at radius 2 is 2.25 bits per heavy atom. The molecule has 0 spiro atoms. The molecule has 1 unspecified atom stereocenters. The Balaban J connectivity index is 2.45. The van der Waals surface area contributed by atoms with Gasteiger partial charge in [-0.1, -0.05) is 0 Å². The summed E-state index contributed by atoms with van der Waals surface area (Å²) in [4.78, 5) is 35.9. The molecule has 0 saturated carbocycles. The Morgan fingerprint density at radius 1 is 1.62 bits per heavy atom. The molecule has 0 aromatic heterocycles. The minimum absolute atomic E-state index is 0.142. The fourth-order valence-electron chi connectivity index (χ4n) is 1.49. The minimum atomic E-state index is -1.09. The van der Waals surface area contributed by atoms with Crippen LogP contribution in [0.4, 0.5) is 4.79 Å². The van der Waals surface area contributed by atoms with Crippen LogP contribution in [0.3, 0.4) is 0 Å². The molecule has 3 amide bonds.